The molecule has 4 saturated carbocycles. The minimum absolute atomic E-state index is 0.235. The maximum atomic E-state index is 12.2. The van der Waals surface area contributed by atoms with Gasteiger partial charge in [-0.05, 0) is 55.3 Å². The van der Waals surface area contributed by atoms with Gasteiger partial charge in [0.1, 0.15) is 12.1 Å². The van der Waals surface area contributed by atoms with E-state index in [0.717, 1.165) is 31.0 Å². The molecule has 2 heteroatoms. The predicted octanol–water partition coefficient (Wildman–Crippen LogP) is 1.83. The van der Waals surface area contributed by atoms with Gasteiger partial charge < -0.3 is 4.79 Å². The Morgan fingerprint density at radius 3 is 2.73 bits per heavy atom. The molecule has 2 nitrogen and oxygen atoms in total. The van der Waals surface area contributed by atoms with E-state index in [-0.39, 0.29) is 11.8 Å². The Labute approximate surface area is 89.4 Å². The van der Waals surface area contributed by atoms with E-state index >= 15 is 0 Å². The molecule has 0 heterocycles. The van der Waals surface area contributed by atoms with Gasteiger partial charge in [0.15, 0.2) is 0 Å². The molecule has 4 aliphatic rings. The summed E-state index contributed by atoms with van der Waals surface area (Å²) in [6.45, 7) is 0. The average molecular weight is 204 g/mol. The number of fused-ring (bicyclic) bond motifs is 2. The fraction of sp³-hybridized carbons (Fsp3) is 0.846. The van der Waals surface area contributed by atoms with Crippen molar-refractivity contribution in [2.24, 2.45) is 35.0 Å². The highest BCUT2D eigenvalue weighted by atomic mass is 16.1. The second-order valence-electron chi connectivity index (χ2n) is 6.26. The number of ketones is 1. The maximum Gasteiger partial charge on any atom is 0.146 e. The lowest BCUT2D eigenvalue weighted by Gasteiger charge is -2.48. The highest BCUT2D eigenvalue weighted by molar-refractivity contribution is 5.96. The molecule has 6 unspecified atom stereocenters. The van der Waals surface area contributed by atoms with Crippen LogP contribution in [0.25, 0.3) is 0 Å². The summed E-state index contributed by atoms with van der Waals surface area (Å²) in [7, 11) is 0. The van der Waals surface area contributed by atoms with Crippen LogP contribution in [-0.2, 0) is 9.59 Å². The highest BCUT2D eigenvalue weighted by Crippen LogP contribution is 2.73. The second kappa shape index (κ2) is 2.36. The molecule has 0 radical (unpaired) electrons. The number of rotatable bonds is 1. The van der Waals surface area contributed by atoms with Crippen LogP contribution in [0.1, 0.15) is 32.1 Å². The van der Waals surface area contributed by atoms with E-state index in [4.69, 9.17) is 0 Å². The lowest BCUT2D eigenvalue weighted by atomic mass is 9.56. The smallest absolute Gasteiger partial charge is 0.146 e. The Morgan fingerprint density at radius 2 is 1.93 bits per heavy atom. The van der Waals surface area contributed by atoms with Crippen LogP contribution in [0.5, 0.6) is 0 Å². The molecule has 6 atom stereocenters. The van der Waals surface area contributed by atoms with Gasteiger partial charge in [-0.3, -0.25) is 4.79 Å². The molecule has 0 aromatic rings. The summed E-state index contributed by atoms with van der Waals surface area (Å²) in [5, 5.41) is 0. The summed E-state index contributed by atoms with van der Waals surface area (Å²) in [5.41, 5.74) is 0.531. The van der Waals surface area contributed by atoms with Crippen LogP contribution in [0.3, 0.4) is 0 Å². The topological polar surface area (TPSA) is 34.1 Å². The Morgan fingerprint density at radius 1 is 1.13 bits per heavy atom. The number of hydrogen-bond acceptors (Lipinski definition) is 2. The summed E-state index contributed by atoms with van der Waals surface area (Å²) < 4.78 is 0. The SMILES string of the molecule is O=CC1C(=O)C2CC3CC4CC1CC34C2. The van der Waals surface area contributed by atoms with E-state index in [0.29, 0.717) is 17.1 Å². The molecule has 0 saturated heterocycles. The monoisotopic (exact) mass is 204 g/mol. The first kappa shape index (κ1) is 8.49. The minimum atomic E-state index is -0.235. The van der Waals surface area contributed by atoms with Crippen LogP contribution < -0.4 is 0 Å². The molecule has 4 rings (SSSR count). The zero-order valence-electron chi connectivity index (χ0n) is 8.82. The van der Waals surface area contributed by atoms with Gasteiger partial charge in [-0.15, -0.1) is 0 Å². The third-order valence-electron chi connectivity index (χ3n) is 6.01. The van der Waals surface area contributed by atoms with Crippen molar-refractivity contribution >= 4 is 12.1 Å². The first-order valence-corrected chi connectivity index (χ1v) is 6.23. The molecular formula is C13H16O2. The van der Waals surface area contributed by atoms with Crippen LogP contribution in [-0.4, -0.2) is 12.1 Å². The van der Waals surface area contributed by atoms with Gasteiger partial charge >= 0.3 is 0 Å². The van der Waals surface area contributed by atoms with Crippen molar-refractivity contribution < 1.29 is 9.59 Å². The molecule has 0 amide bonds. The lowest BCUT2D eigenvalue weighted by molar-refractivity contribution is -0.132. The fourth-order valence-corrected chi connectivity index (χ4v) is 5.39. The molecule has 4 fully saturated rings. The summed E-state index contributed by atoms with van der Waals surface area (Å²) in [5.74, 6) is 2.43. The zero-order valence-corrected chi connectivity index (χ0v) is 8.82. The van der Waals surface area contributed by atoms with Gasteiger partial charge in [-0.1, -0.05) is 0 Å². The van der Waals surface area contributed by atoms with Crippen LogP contribution in [0.4, 0.5) is 0 Å². The van der Waals surface area contributed by atoms with Crippen molar-refractivity contribution in [3.8, 4) is 0 Å². The molecule has 80 valence electrons. The van der Waals surface area contributed by atoms with E-state index in [1.807, 2.05) is 0 Å². The molecule has 0 aliphatic heterocycles. The van der Waals surface area contributed by atoms with Crippen LogP contribution >= 0.6 is 0 Å². The molecule has 0 N–H and O–H groups in total. The van der Waals surface area contributed by atoms with E-state index < -0.39 is 0 Å². The molecule has 0 aromatic carbocycles. The summed E-state index contributed by atoms with van der Waals surface area (Å²) in [4.78, 5) is 23.2. The largest absolute Gasteiger partial charge is 0.303 e. The Hall–Kier alpha value is -0.660. The Bertz CT molecular complexity index is 362. The van der Waals surface area contributed by atoms with E-state index in [2.05, 4.69) is 0 Å². The third-order valence-corrected chi connectivity index (χ3v) is 6.01. The van der Waals surface area contributed by atoms with Crippen LogP contribution in [0.2, 0.25) is 0 Å². The Kier molecular flexibility index (Phi) is 1.34. The van der Waals surface area contributed by atoms with Crippen molar-refractivity contribution in [2.75, 3.05) is 0 Å². The molecular weight excluding hydrogens is 188 g/mol. The zero-order chi connectivity index (χ0) is 10.2. The van der Waals surface area contributed by atoms with Crippen molar-refractivity contribution in [2.45, 2.75) is 32.1 Å². The van der Waals surface area contributed by atoms with Crippen molar-refractivity contribution in [3.05, 3.63) is 0 Å². The van der Waals surface area contributed by atoms with Gasteiger partial charge in [-0.2, -0.15) is 0 Å². The average Bonchev–Trinajstić information content (AvgIpc) is 2.63. The Balaban J connectivity index is 1.82. The predicted molar refractivity (Wildman–Crippen MR) is 54.0 cm³/mol. The highest BCUT2D eigenvalue weighted by Gasteiger charge is 2.67. The van der Waals surface area contributed by atoms with Crippen molar-refractivity contribution in [1.82, 2.24) is 0 Å². The summed E-state index contributed by atoms with van der Waals surface area (Å²) in [6, 6.07) is 0. The lowest BCUT2D eigenvalue weighted by Crippen LogP contribution is -2.41. The standard InChI is InChI=1S/C13H16O2/c14-6-11-7-1-9-3-10-2-8(12(11)15)5-13(9,10)4-7/h6-11H,1-5H2. The molecule has 4 aliphatic carbocycles. The quantitative estimate of drug-likeness (QED) is 0.482. The first-order valence-electron chi connectivity index (χ1n) is 6.23. The second-order valence-corrected chi connectivity index (χ2v) is 6.26. The fourth-order valence-electron chi connectivity index (χ4n) is 5.39. The van der Waals surface area contributed by atoms with Gasteiger partial charge in [0.2, 0.25) is 0 Å². The molecule has 3 bridgehead atoms. The van der Waals surface area contributed by atoms with E-state index in [9.17, 15) is 9.59 Å². The van der Waals surface area contributed by atoms with Gasteiger partial charge in [0, 0.05) is 5.92 Å². The summed E-state index contributed by atoms with van der Waals surface area (Å²) in [6.07, 6.45) is 6.89. The van der Waals surface area contributed by atoms with Crippen molar-refractivity contribution in [3.63, 3.8) is 0 Å². The van der Waals surface area contributed by atoms with E-state index in [1.54, 1.807) is 0 Å². The van der Waals surface area contributed by atoms with Gasteiger partial charge in [0.25, 0.3) is 0 Å². The number of carbonyl (C=O) groups excluding carboxylic acids is 2. The molecule has 1 spiro atoms. The number of hydrogen-bond donors (Lipinski definition) is 0. The third kappa shape index (κ3) is 0.765. The normalized spacial score (nSPS) is 60.0. The van der Waals surface area contributed by atoms with Crippen LogP contribution in [0, 0.1) is 35.0 Å². The number of aldehydes is 1. The number of Topliss-reactive ketones (excluding diaryl/α,β-unsaturated/α-hetero) is 1. The number of carbonyl (C=O) groups is 2. The van der Waals surface area contributed by atoms with E-state index in [1.165, 1.54) is 19.3 Å². The van der Waals surface area contributed by atoms with Gasteiger partial charge in [0.05, 0.1) is 5.92 Å². The van der Waals surface area contributed by atoms with Crippen molar-refractivity contribution in [1.29, 1.82) is 0 Å². The molecule has 0 aromatic heterocycles. The first-order chi connectivity index (χ1) is 7.24. The maximum absolute atomic E-state index is 12.2. The molecule has 15 heavy (non-hydrogen) atoms. The van der Waals surface area contributed by atoms with Gasteiger partial charge in [-0.25, -0.2) is 0 Å². The summed E-state index contributed by atoms with van der Waals surface area (Å²) >= 11 is 0. The minimum Gasteiger partial charge on any atom is -0.303 e. The van der Waals surface area contributed by atoms with Crippen LogP contribution in [0.15, 0.2) is 0 Å².